The standard InChI is InChI=1S/C13H18BrN3O/c14-11-5-9(8-15)6-12(7-11)17-3-1-10(2-4-17)13(16)18/h5-7,10H,1-4,8,15H2,(H2,16,18). The van der Waals surface area contributed by atoms with Crippen molar-refractivity contribution in [3.63, 3.8) is 0 Å². The molecule has 0 saturated carbocycles. The number of piperidine rings is 1. The van der Waals surface area contributed by atoms with Gasteiger partial charge in [-0.2, -0.15) is 0 Å². The van der Waals surface area contributed by atoms with Crippen molar-refractivity contribution in [3.05, 3.63) is 28.2 Å². The number of rotatable bonds is 3. The van der Waals surface area contributed by atoms with Crippen LogP contribution in [-0.2, 0) is 11.3 Å². The van der Waals surface area contributed by atoms with Crippen LogP contribution in [0.4, 0.5) is 5.69 Å². The zero-order valence-corrected chi connectivity index (χ0v) is 11.8. The zero-order valence-electron chi connectivity index (χ0n) is 10.2. The summed E-state index contributed by atoms with van der Waals surface area (Å²) in [6.07, 6.45) is 1.67. The number of primary amides is 1. The van der Waals surface area contributed by atoms with E-state index < -0.39 is 0 Å². The molecule has 1 aliphatic heterocycles. The van der Waals surface area contributed by atoms with Crippen LogP contribution < -0.4 is 16.4 Å². The van der Waals surface area contributed by atoms with E-state index in [1.807, 2.05) is 6.07 Å². The normalized spacial score (nSPS) is 16.9. The van der Waals surface area contributed by atoms with Crippen molar-refractivity contribution in [1.29, 1.82) is 0 Å². The number of halogens is 1. The third kappa shape index (κ3) is 3.03. The van der Waals surface area contributed by atoms with Gasteiger partial charge in [-0.05, 0) is 36.6 Å². The molecule has 1 aromatic rings. The molecular weight excluding hydrogens is 294 g/mol. The molecule has 1 saturated heterocycles. The molecule has 1 fully saturated rings. The highest BCUT2D eigenvalue weighted by molar-refractivity contribution is 9.10. The highest BCUT2D eigenvalue weighted by atomic mass is 79.9. The molecule has 0 bridgehead atoms. The second kappa shape index (κ2) is 5.71. The minimum absolute atomic E-state index is 0.0300. The largest absolute Gasteiger partial charge is 0.371 e. The van der Waals surface area contributed by atoms with Gasteiger partial charge in [-0.3, -0.25) is 4.79 Å². The fraction of sp³-hybridized carbons (Fsp3) is 0.462. The van der Waals surface area contributed by atoms with Crippen LogP contribution in [0.2, 0.25) is 0 Å². The van der Waals surface area contributed by atoms with E-state index in [9.17, 15) is 4.79 Å². The van der Waals surface area contributed by atoms with E-state index in [0.717, 1.165) is 41.7 Å². The highest BCUT2D eigenvalue weighted by Crippen LogP contribution is 2.27. The Morgan fingerprint density at radius 1 is 1.33 bits per heavy atom. The third-order valence-electron chi connectivity index (χ3n) is 3.44. The predicted octanol–water partition coefficient (Wildman–Crippen LogP) is 1.61. The number of amides is 1. The Bertz CT molecular complexity index is 442. The van der Waals surface area contributed by atoms with Gasteiger partial charge in [-0.1, -0.05) is 15.9 Å². The quantitative estimate of drug-likeness (QED) is 0.890. The molecule has 2 rings (SSSR count). The van der Waals surface area contributed by atoms with Gasteiger partial charge in [0, 0.05) is 35.7 Å². The molecule has 1 amide bonds. The molecule has 0 atom stereocenters. The summed E-state index contributed by atoms with van der Waals surface area (Å²) < 4.78 is 1.04. The molecule has 0 unspecified atom stereocenters. The second-order valence-electron chi connectivity index (χ2n) is 4.69. The number of hydrogen-bond donors (Lipinski definition) is 2. The average Bonchev–Trinajstić information content (AvgIpc) is 2.38. The summed E-state index contributed by atoms with van der Waals surface area (Å²) in [6, 6.07) is 6.22. The van der Waals surface area contributed by atoms with E-state index in [-0.39, 0.29) is 11.8 Å². The first-order valence-electron chi connectivity index (χ1n) is 6.14. The molecule has 4 N–H and O–H groups in total. The van der Waals surface area contributed by atoms with Crippen molar-refractivity contribution in [2.75, 3.05) is 18.0 Å². The van der Waals surface area contributed by atoms with Crippen molar-refractivity contribution >= 4 is 27.5 Å². The Kier molecular flexibility index (Phi) is 4.24. The first kappa shape index (κ1) is 13.4. The molecular formula is C13H18BrN3O. The van der Waals surface area contributed by atoms with Gasteiger partial charge >= 0.3 is 0 Å². The highest BCUT2D eigenvalue weighted by Gasteiger charge is 2.23. The Labute approximate surface area is 115 Å². The maximum Gasteiger partial charge on any atom is 0.220 e. The van der Waals surface area contributed by atoms with Crippen molar-refractivity contribution in [1.82, 2.24) is 0 Å². The van der Waals surface area contributed by atoms with Gasteiger partial charge in [0.05, 0.1) is 0 Å². The summed E-state index contributed by atoms with van der Waals surface area (Å²) in [4.78, 5) is 13.4. The molecule has 1 aliphatic rings. The summed E-state index contributed by atoms with van der Waals surface area (Å²) in [5, 5.41) is 0. The average molecular weight is 312 g/mol. The Morgan fingerprint density at radius 3 is 2.56 bits per heavy atom. The van der Waals surface area contributed by atoms with Gasteiger partial charge < -0.3 is 16.4 Å². The van der Waals surface area contributed by atoms with Gasteiger partial charge in [0.15, 0.2) is 0 Å². The number of nitrogens with two attached hydrogens (primary N) is 2. The van der Waals surface area contributed by atoms with Crippen LogP contribution in [-0.4, -0.2) is 19.0 Å². The third-order valence-corrected chi connectivity index (χ3v) is 3.90. The van der Waals surface area contributed by atoms with Gasteiger partial charge in [0.25, 0.3) is 0 Å². The molecule has 98 valence electrons. The summed E-state index contributed by atoms with van der Waals surface area (Å²) >= 11 is 3.50. The van der Waals surface area contributed by atoms with Gasteiger partial charge in [0.1, 0.15) is 0 Å². The number of nitrogens with zero attached hydrogens (tertiary/aromatic N) is 1. The number of carbonyl (C=O) groups is 1. The summed E-state index contributed by atoms with van der Waals surface area (Å²) in [5.74, 6) is -0.145. The van der Waals surface area contributed by atoms with Crippen LogP contribution in [0.5, 0.6) is 0 Å². The molecule has 0 spiro atoms. The second-order valence-corrected chi connectivity index (χ2v) is 5.60. The van der Waals surface area contributed by atoms with E-state index in [2.05, 4.69) is 33.0 Å². The Morgan fingerprint density at radius 2 is 2.00 bits per heavy atom. The molecule has 0 aromatic heterocycles. The summed E-state index contributed by atoms with van der Waals surface area (Å²) in [7, 11) is 0. The molecule has 0 aliphatic carbocycles. The maximum absolute atomic E-state index is 11.1. The van der Waals surface area contributed by atoms with Crippen LogP contribution in [0.3, 0.4) is 0 Å². The van der Waals surface area contributed by atoms with E-state index in [1.165, 1.54) is 0 Å². The topological polar surface area (TPSA) is 72.3 Å². The minimum Gasteiger partial charge on any atom is -0.371 e. The first-order valence-corrected chi connectivity index (χ1v) is 6.93. The molecule has 1 aromatic carbocycles. The number of carbonyl (C=O) groups excluding carboxylic acids is 1. The van der Waals surface area contributed by atoms with Crippen molar-refractivity contribution in [3.8, 4) is 0 Å². The lowest BCUT2D eigenvalue weighted by Gasteiger charge is -2.32. The number of anilines is 1. The molecule has 18 heavy (non-hydrogen) atoms. The lowest BCUT2D eigenvalue weighted by atomic mass is 9.96. The van der Waals surface area contributed by atoms with Crippen LogP contribution in [0.25, 0.3) is 0 Å². The molecule has 5 heteroatoms. The van der Waals surface area contributed by atoms with Crippen LogP contribution in [0.1, 0.15) is 18.4 Å². The first-order chi connectivity index (χ1) is 8.60. The number of benzene rings is 1. The van der Waals surface area contributed by atoms with Crippen molar-refractivity contribution in [2.24, 2.45) is 17.4 Å². The smallest absolute Gasteiger partial charge is 0.220 e. The summed E-state index contributed by atoms with van der Waals surface area (Å²) in [6.45, 7) is 2.27. The minimum atomic E-state index is -0.175. The van der Waals surface area contributed by atoms with Crippen LogP contribution in [0.15, 0.2) is 22.7 Å². The zero-order chi connectivity index (χ0) is 13.1. The predicted molar refractivity (Wildman–Crippen MR) is 76.2 cm³/mol. The van der Waals surface area contributed by atoms with E-state index in [4.69, 9.17) is 11.5 Å². The fourth-order valence-corrected chi connectivity index (χ4v) is 2.88. The fourth-order valence-electron chi connectivity index (χ4n) is 2.36. The molecule has 1 heterocycles. The van der Waals surface area contributed by atoms with E-state index in [0.29, 0.717) is 6.54 Å². The van der Waals surface area contributed by atoms with Crippen molar-refractivity contribution < 1.29 is 4.79 Å². The van der Waals surface area contributed by atoms with Crippen molar-refractivity contribution in [2.45, 2.75) is 19.4 Å². The lowest BCUT2D eigenvalue weighted by molar-refractivity contribution is -0.122. The maximum atomic E-state index is 11.1. The van der Waals surface area contributed by atoms with Gasteiger partial charge in [-0.25, -0.2) is 0 Å². The SMILES string of the molecule is NCc1cc(Br)cc(N2CCC(C(N)=O)CC2)c1. The Hall–Kier alpha value is -1.07. The molecule has 0 radical (unpaired) electrons. The summed E-state index contributed by atoms with van der Waals surface area (Å²) in [5.41, 5.74) is 13.3. The monoisotopic (exact) mass is 311 g/mol. The van der Waals surface area contributed by atoms with Crippen LogP contribution in [0, 0.1) is 5.92 Å². The van der Waals surface area contributed by atoms with E-state index >= 15 is 0 Å². The Balaban J connectivity index is 2.09. The van der Waals surface area contributed by atoms with E-state index in [1.54, 1.807) is 0 Å². The van der Waals surface area contributed by atoms with Crippen LogP contribution >= 0.6 is 15.9 Å². The van der Waals surface area contributed by atoms with Gasteiger partial charge in [0.2, 0.25) is 5.91 Å². The molecule has 4 nitrogen and oxygen atoms in total. The lowest BCUT2D eigenvalue weighted by Crippen LogP contribution is -2.38. The van der Waals surface area contributed by atoms with Gasteiger partial charge in [-0.15, -0.1) is 0 Å². The number of hydrogen-bond acceptors (Lipinski definition) is 3.